The van der Waals surface area contributed by atoms with Crippen LogP contribution in [0.25, 0.3) is 0 Å². The second kappa shape index (κ2) is 7.02. The van der Waals surface area contributed by atoms with E-state index in [1.165, 1.54) is 29.0 Å². The summed E-state index contributed by atoms with van der Waals surface area (Å²) in [7, 11) is 0. The highest BCUT2D eigenvalue weighted by Crippen LogP contribution is 2.17. The summed E-state index contributed by atoms with van der Waals surface area (Å²) in [5.41, 5.74) is 3.05. The molecule has 0 aliphatic carbocycles. The maximum atomic E-state index is 3.56. The third-order valence-corrected chi connectivity index (χ3v) is 4.88. The van der Waals surface area contributed by atoms with Crippen molar-refractivity contribution >= 4 is 11.3 Å². The lowest BCUT2D eigenvalue weighted by atomic mass is 10.00. The van der Waals surface area contributed by atoms with E-state index in [2.05, 4.69) is 52.0 Å². The van der Waals surface area contributed by atoms with Gasteiger partial charge in [-0.2, -0.15) is 0 Å². The van der Waals surface area contributed by atoms with Crippen LogP contribution < -0.4 is 5.32 Å². The van der Waals surface area contributed by atoms with Crippen LogP contribution in [-0.2, 0) is 19.4 Å². The monoisotopic (exact) mass is 286 g/mol. The lowest BCUT2D eigenvalue weighted by Gasteiger charge is -2.28. The number of nitrogens with one attached hydrogen (secondary N) is 1. The molecule has 1 aliphatic rings. The Morgan fingerprint density at radius 2 is 1.95 bits per heavy atom. The molecule has 3 rings (SSSR count). The molecule has 3 heteroatoms. The summed E-state index contributed by atoms with van der Waals surface area (Å²) in [4.78, 5) is 4.03. The Kier molecular flexibility index (Phi) is 4.85. The molecule has 2 nitrogen and oxygen atoms in total. The highest BCUT2D eigenvalue weighted by Gasteiger charge is 2.14. The van der Waals surface area contributed by atoms with Crippen molar-refractivity contribution in [3.8, 4) is 0 Å². The number of thiophene rings is 1. The third-order valence-electron chi connectivity index (χ3n) is 3.94. The van der Waals surface area contributed by atoms with Gasteiger partial charge in [0, 0.05) is 37.6 Å². The summed E-state index contributed by atoms with van der Waals surface area (Å²) >= 11 is 1.85. The maximum absolute atomic E-state index is 3.56. The van der Waals surface area contributed by atoms with Crippen LogP contribution in [0.3, 0.4) is 0 Å². The van der Waals surface area contributed by atoms with Crippen molar-refractivity contribution < 1.29 is 0 Å². The second-order valence-electron chi connectivity index (χ2n) is 5.37. The molecule has 0 saturated carbocycles. The van der Waals surface area contributed by atoms with Crippen LogP contribution in [0.5, 0.6) is 0 Å². The number of benzene rings is 1. The molecule has 1 aromatic carbocycles. The van der Waals surface area contributed by atoms with Gasteiger partial charge < -0.3 is 5.32 Å². The molecule has 1 aliphatic heterocycles. The molecule has 0 saturated heterocycles. The molecule has 0 amide bonds. The average Bonchev–Trinajstić information content (AvgIpc) is 3.00. The van der Waals surface area contributed by atoms with Gasteiger partial charge in [-0.05, 0) is 35.4 Å². The molecule has 0 unspecified atom stereocenters. The molecule has 0 spiro atoms. The van der Waals surface area contributed by atoms with Gasteiger partial charge in [-0.1, -0.05) is 30.3 Å². The molecule has 1 aromatic heterocycles. The summed E-state index contributed by atoms with van der Waals surface area (Å²) in [5.74, 6) is 0. The Balaban J connectivity index is 1.36. The van der Waals surface area contributed by atoms with E-state index in [0.717, 1.165) is 32.6 Å². The average molecular weight is 286 g/mol. The van der Waals surface area contributed by atoms with E-state index in [0.29, 0.717) is 0 Å². The minimum atomic E-state index is 1.09. The van der Waals surface area contributed by atoms with Gasteiger partial charge in [0.05, 0.1) is 0 Å². The SMILES string of the molecule is c1csc(CCNCCN2CCc3ccccc3C2)c1. The van der Waals surface area contributed by atoms with Crippen LogP contribution in [0.2, 0.25) is 0 Å². The normalized spacial score (nSPS) is 15.2. The summed E-state index contributed by atoms with van der Waals surface area (Å²) in [6.45, 7) is 5.64. The molecular weight excluding hydrogens is 264 g/mol. The fourth-order valence-electron chi connectivity index (χ4n) is 2.77. The van der Waals surface area contributed by atoms with E-state index in [4.69, 9.17) is 0 Å². The fourth-order valence-corrected chi connectivity index (χ4v) is 3.48. The lowest BCUT2D eigenvalue weighted by molar-refractivity contribution is 0.254. The van der Waals surface area contributed by atoms with Crippen molar-refractivity contribution in [1.82, 2.24) is 10.2 Å². The van der Waals surface area contributed by atoms with Crippen LogP contribution in [-0.4, -0.2) is 31.1 Å². The van der Waals surface area contributed by atoms with Gasteiger partial charge in [0.2, 0.25) is 0 Å². The molecule has 0 radical (unpaired) electrons. The number of fused-ring (bicyclic) bond motifs is 1. The summed E-state index contributed by atoms with van der Waals surface area (Å²) in [6.07, 6.45) is 2.35. The number of nitrogens with zero attached hydrogens (tertiary/aromatic N) is 1. The Labute approximate surface area is 125 Å². The van der Waals surface area contributed by atoms with Crippen LogP contribution in [0.1, 0.15) is 16.0 Å². The predicted molar refractivity (Wildman–Crippen MR) is 86.3 cm³/mol. The molecule has 2 heterocycles. The fraction of sp³-hybridized carbons (Fsp3) is 0.412. The summed E-state index contributed by atoms with van der Waals surface area (Å²) < 4.78 is 0. The van der Waals surface area contributed by atoms with Crippen LogP contribution in [0.15, 0.2) is 41.8 Å². The van der Waals surface area contributed by atoms with Crippen molar-refractivity contribution in [3.05, 3.63) is 57.8 Å². The predicted octanol–water partition coefficient (Wildman–Crippen LogP) is 2.94. The smallest absolute Gasteiger partial charge is 0.0237 e. The molecule has 0 atom stereocenters. The van der Waals surface area contributed by atoms with E-state index in [1.807, 2.05) is 11.3 Å². The van der Waals surface area contributed by atoms with Crippen molar-refractivity contribution in [3.63, 3.8) is 0 Å². The minimum Gasteiger partial charge on any atom is -0.315 e. The van der Waals surface area contributed by atoms with Gasteiger partial charge in [0.1, 0.15) is 0 Å². The first-order chi connectivity index (χ1) is 9.92. The second-order valence-corrected chi connectivity index (χ2v) is 6.41. The van der Waals surface area contributed by atoms with Gasteiger partial charge in [-0.25, -0.2) is 0 Å². The zero-order chi connectivity index (χ0) is 13.6. The van der Waals surface area contributed by atoms with Crippen LogP contribution >= 0.6 is 11.3 Å². The molecule has 0 bridgehead atoms. The highest BCUT2D eigenvalue weighted by atomic mass is 32.1. The number of hydrogen-bond acceptors (Lipinski definition) is 3. The summed E-state index contributed by atoms with van der Waals surface area (Å²) in [6, 6.07) is 13.2. The highest BCUT2D eigenvalue weighted by molar-refractivity contribution is 7.09. The van der Waals surface area contributed by atoms with E-state index < -0.39 is 0 Å². The summed E-state index contributed by atoms with van der Waals surface area (Å²) in [5, 5.41) is 5.71. The van der Waals surface area contributed by atoms with Crippen LogP contribution in [0, 0.1) is 0 Å². The first-order valence-corrected chi connectivity index (χ1v) is 8.32. The molecule has 1 N–H and O–H groups in total. The zero-order valence-electron chi connectivity index (χ0n) is 11.8. The quantitative estimate of drug-likeness (QED) is 0.821. The molecule has 0 fully saturated rings. The molecule has 2 aromatic rings. The number of hydrogen-bond donors (Lipinski definition) is 1. The zero-order valence-corrected chi connectivity index (χ0v) is 12.7. The van der Waals surface area contributed by atoms with Crippen molar-refractivity contribution in [1.29, 1.82) is 0 Å². The Hall–Kier alpha value is -1.16. The van der Waals surface area contributed by atoms with Crippen LogP contribution in [0.4, 0.5) is 0 Å². The molecular formula is C17H22N2S. The van der Waals surface area contributed by atoms with E-state index >= 15 is 0 Å². The van der Waals surface area contributed by atoms with Gasteiger partial charge in [-0.15, -0.1) is 11.3 Å². The van der Waals surface area contributed by atoms with Gasteiger partial charge in [0.25, 0.3) is 0 Å². The minimum absolute atomic E-state index is 1.09. The first-order valence-electron chi connectivity index (χ1n) is 7.44. The lowest BCUT2D eigenvalue weighted by Crippen LogP contribution is -2.36. The van der Waals surface area contributed by atoms with Gasteiger partial charge in [0.15, 0.2) is 0 Å². The standard InChI is InChI=1S/C17H22N2S/c1-2-5-16-14-19(11-8-15(16)4-1)12-10-18-9-7-17-6-3-13-20-17/h1-6,13,18H,7-12,14H2. The van der Waals surface area contributed by atoms with E-state index in [9.17, 15) is 0 Å². The first kappa shape index (κ1) is 13.8. The Morgan fingerprint density at radius 3 is 2.80 bits per heavy atom. The molecule has 20 heavy (non-hydrogen) atoms. The largest absolute Gasteiger partial charge is 0.315 e. The Bertz CT molecular complexity index is 522. The van der Waals surface area contributed by atoms with Gasteiger partial charge in [-0.3, -0.25) is 4.90 Å². The molecule has 106 valence electrons. The van der Waals surface area contributed by atoms with Crippen molar-refractivity contribution in [2.75, 3.05) is 26.2 Å². The number of rotatable bonds is 6. The van der Waals surface area contributed by atoms with Crippen molar-refractivity contribution in [2.45, 2.75) is 19.4 Å². The maximum Gasteiger partial charge on any atom is 0.0237 e. The van der Waals surface area contributed by atoms with Crippen molar-refractivity contribution in [2.24, 2.45) is 0 Å². The Morgan fingerprint density at radius 1 is 1.05 bits per heavy atom. The van der Waals surface area contributed by atoms with E-state index in [-0.39, 0.29) is 0 Å². The third kappa shape index (κ3) is 3.69. The van der Waals surface area contributed by atoms with E-state index in [1.54, 1.807) is 0 Å². The van der Waals surface area contributed by atoms with Gasteiger partial charge >= 0.3 is 0 Å². The topological polar surface area (TPSA) is 15.3 Å².